The summed E-state index contributed by atoms with van der Waals surface area (Å²) in [5.74, 6) is -1.40. The molecule has 1 unspecified atom stereocenters. The van der Waals surface area contributed by atoms with Crippen LogP contribution in [-0.2, 0) is 9.59 Å². The van der Waals surface area contributed by atoms with Crippen LogP contribution in [0.2, 0.25) is 0 Å². The topological polar surface area (TPSA) is 119 Å². The van der Waals surface area contributed by atoms with Gasteiger partial charge in [0, 0.05) is 29.7 Å². The van der Waals surface area contributed by atoms with Gasteiger partial charge in [-0.2, -0.15) is 0 Å². The van der Waals surface area contributed by atoms with Crippen LogP contribution in [0.3, 0.4) is 0 Å². The Kier molecular flexibility index (Phi) is 5.97. The number of carboxylic acid groups (broad SMARTS) is 1. The van der Waals surface area contributed by atoms with Gasteiger partial charge in [-0.3, -0.25) is 14.9 Å². The van der Waals surface area contributed by atoms with Crippen molar-refractivity contribution in [2.24, 2.45) is 0 Å². The molecule has 0 aromatic heterocycles. The van der Waals surface area contributed by atoms with Gasteiger partial charge in [-0.15, -0.1) is 11.8 Å². The second-order valence-corrected chi connectivity index (χ2v) is 5.09. The molecule has 0 aliphatic rings. The molecule has 2 N–H and O–H groups in total. The van der Waals surface area contributed by atoms with Crippen LogP contribution in [0.1, 0.15) is 6.92 Å². The summed E-state index contributed by atoms with van der Waals surface area (Å²) in [6.45, 7) is 1.23. The fourth-order valence-corrected chi connectivity index (χ4v) is 2.44. The molecule has 8 nitrogen and oxygen atoms in total. The zero-order valence-corrected chi connectivity index (χ0v) is 12.2. The Morgan fingerprint density at radius 1 is 1.52 bits per heavy atom. The lowest BCUT2D eigenvalue weighted by atomic mass is 10.3. The maximum Gasteiger partial charge on any atom is 0.327 e. The number of methoxy groups -OCH3 is 1. The summed E-state index contributed by atoms with van der Waals surface area (Å²) in [7, 11) is 1.31. The highest BCUT2D eigenvalue weighted by Gasteiger charge is 2.20. The third-order valence-corrected chi connectivity index (χ3v) is 3.53. The normalized spacial score (nSPS) is 11.5. The summed E-state index contributed by atoms with van der Waals surface area (Å²) in [5.41, 5.74) is -0.168. The molecule has 0 radical (unpaired) electrons. The highest BCUT2D eigenvalue weighted by atomic mass is 32.2. The van der Waals surface area contributed by atoms with Gasteiger partial charge < -0.3 is 15.2 Å². The summed E-state index contributed by atoms with van der Waals surface area (Å²) >= 11 is 1.15. The average molecular weight is 314 g/mol. The van der Waals surface area contributed by atoms with E-state index in [1.54, 1.807) is 0 Å². The van der Waals surface area contributed by atoms with Crippen LogP contribution in [-0.4, -0.2) is 40.8 Å². The third-order valence-electron chi connectivity index (χ3n) is 2.44. The molecule has 0 bridgehead atoms. The van der Waals surface area contributed by atoms with Gasteiger partial charge >= 0.3 is 11.7 Å². The number of nitrogens with one attached hydrogen (secondary N) is 1. The number of ether oxygens (including phenoxy) is 1. The number of hydrogen-bond acceptors (Lipinski definition) is 6. The van der Waals surface area contributed by atoms with Gasteiger partial charge in [-0.1, -0.05) is 0 Å². The van der Waals surface area contributed by atoms with Crippen molar-refractivity contribution in [1.29, 1.82) is 0 Å². The van der Waals surface area contributed by atoms with Crippen molar-refractivity contribution in [3.8, 4) is 5.75 Å². The minimum atomic E-state index is -1.15. The zero-order chi connectivity index (χ0) is 16.0. The zero-order valence-electron chi connectivity index (χ0n) is 11.4. The van der Waals surface area contributed by atoms with Gasteiger partial charge in [-0.05, 0) is 6.07 Å². The van der Waals surface area contributed by atoms with E-state index in [-0.39, 0.29) is 17.2 Å². The summed E-state index contributed by atoms with van der Waals surface area (Å²) in [6, 6.07) is 3.21. The molecular formula is C12H14N2O6S. The Hall–Kier alpha value is -2.29. The molecule has 114 valence electrons. The summed E-state index contributed by atoms with van der Waals surface area (Å²) in [6.07, 6.45) is 0. The van der Waals surface area contributed by atoms with Crippen molar-refractivity contribution < 1.29 is 24.4 Å². The van der Waals surface area contributed by atoms with Gasteiger partial charge in [0.25, 0.3) is 0 Å². The maximum atomic E-state index is 11.0. The smallest absolute Gasteiger partial charge is 0.327 e. The van der Waals surface area contributed by atoms with E-state index in [9.17, 15) is 19.7 Å². The van der Waals surface area contributed by atoms with E-state index < -0.39 is 22.8 Å². The monoisotopic (exact) mass is 314 g/mol. The van der Waals surface area contributed by atoms with Crippen LogP contribution in [0.25, 0.3) is 0 Å². The van der Waals surface area contributed by atoms with Gasteiger partial charge in [0.05, 0.1) is 12.0 Å². The standard InChI is InChI=1S/C12H14N2O6S/c1-7(15)13-9(12(16)17)6-21-8-3-4-10(14(18)19)11(5-8)20-2/h3-5,9H,6H2,1-2H3,(H,13,15)(H,16,17). The number of carboxylic acids is 1. The second-order valence-electron chi connectivity index (χ2n) is 3.99. The van der Waals surface area contributed by atoms with Gasteiger partial charge in [0.15, 0.2) is 5.75 Å². The fourth-order valence-electron chi connectivity index (χ4n) is 1.50. The molecule has 0 aliphatic carbocycles. The first-order chi connectivity index (χ1) is 9.85. The van der Waals surface area contributed by atoms with E-state index in [0.717, 1.165) is 11.8 Å². The third kappa shape index (κ3) is 4.95. The van der Waals surface area contributed by atoms with Crippen molar-refractivity contribution in [3.05, 3.63) is 28.3 Å². The number of benzene rings is 1. The highest BCUT2D eigenvalue weighted by Crippen LogP contribution is 2.31. The molecule has 1 aromatic rings. The summed E-state index contributed by atoms with van der Waals surface area (Å²) < 4.78 is 4.93. The Morgan fingerprint density at radius 3 is 2.67 bits per heavy atom. The lowest BCUT2D eigenvalue weighted by Gasteiger charge is -2.13. The minimum absolute atomic E-state index is 0.0931. The molecule has 1 aromatic carbocycles. The molecule has 9 heteroatoms. The summed E-state index contributed by atoms with van der Waals surface area (Å²) in [5, 5.41) is 22.0. The molecule has 0 spiro atoms. The maximum absolute atomic E-state index is 11.0. The van der Waals surface area contributed by atoms with Crippen LogP contribution in [0.15, 0.2) is 23.1 Å². The number of amides is 1. The molecular weight excluding hydrogens is 300 g/mol. The molecule has 0 fully saturated rings. The molecule has 1 atom stereocenters. The molecule has 1 amide bonds. The van der Waals surface area contributed by atoms with Crippen molar-refractivity contribution in [2.45, 2.75) is 17.9 Å². The SMILES string of the molecule is COc1cc(SCC(NC(C)=O)C(=O)O)ccc1[N+](=O)[O-]. The van der Waals surface area contributed by atoms with Gasteiger partial charge in [-0.25, -0.2) is 4.79 Å². The lowest BCUT2D eigenvalue weighted by Crippen LogP contribution is -2.41. The number of nitrogens with zero attached hydrogens (tertiary/aromatic N) is 1. The van der Waals surface area contributed by atoms with Crippen LogP contribution < -0.4 is 10.1 Å². The van der Waals surface area contributed by atoms with E-state index in [1.807, 2.05) is 0 Å². The quantitative estimate of drug-likeness (QED) is 0.442. The summed E-state index contributed by atoms with van der Waals surface area (Å²) in [4.78, 5) is 32.7. The largest absolute Gasteiger partial charge is 0.490 e. The Morgan fingerprint density at radius 2 is 2.19 bits per heavy atom. The predicted molar refractivity (Wildman–Crippen MR) is 75.6 cm³/mol. The van der Waals surface area contributed by atoms with Crippen LogP contribution in [0.4, 0.5) is 5.69 Å². The number of aliphatic carboxylic acids is 1. The lowest BCUT2D eigenvalue weighted by molar-refractivity contribution is -0.385. The Bertz CT molecular complexity index is 563. The minimum Gasteiger partial charge on any atom is -0.490 e. The molecule has 0 saturated heterocycles. The Labute approximate surface area is 124 Å². The van der Waals surface area contributed by atoms with Crippen LogP contribution in [0.5, 0.6) is 5.75 Å². The van der Waals surface area contributed by atoms with E-state index in [4.69, 9.17) is 9.84 Å². The first kappa shape index (κ1) is 16.8. The molecule has 21 heavy (non-hydrogen) atoms. The number of carbonyl (C=O) groups excluding carboxylic acids is 1. The average Bonchev–Trinajstić information content (AvgIpc) is 2.42. The first-order valence-corrected chi connectivity index (χ1v) is 6.79. The molecule has 0 heterocycles. The molecule has 1 rings (SSSR count). The molecule has 0 saturated carbocycles. The number of hydrogen-bond donors (Lipinski definition) is 2. The van der Waals surface area contributed by atoms with E-state index in [1.165, 1.54) is 32.2 Å². The molecule has 0 aliphatic heterocycles. The fraction of sp³-hybridized carbons (Fsp3) is 0.333. The Balaban J connectivity index is 2.81. The van der Waals surface area contributed by atoms with Crippen molar-refractivity contribution in [3.63, 3.8) is 0 Å². The predicted octanol–water partition coefficient (Wildman–Crippen LogP) is 1.28. The van der Waals surface area contributed by atoms with Crippen LogP contribution >= 0.6 is 11.8 Å². The van der Waals surface area contributed by atoms with E-state index >= 15 is 0 Å². The highest BCUT2D eigenvalue weighted by molar-refractivity contribution is 7.99. The van der Waals surface area contributed by atoms with E-state index in [2.05, 4.69) is 5.32 Å². The number of thioether (sulfide) groups is 1. The second kappa shape index (κ2) is 7.48. The van der Waals surface area contributed by atoms with Gasteiger partial charge in [0.1, 0.15) is 6.04 Å². The van der Waals surface area contributed by atoms with Crippen molar-refractivity contribution >= 4 is 29.3 Å². The first-order valence-electron chi connectivity index (χ1n) is 5.80. The number of carbonyl (C=O) groups is 2. The van der Waals surface area contributed by atoms with E-state index in [0.29, 0.717) is 4.90 Å². The van der Waals surface area contributed by atoms with Crippen LogP contribution in [0, 0.1) is 10.1 Å². The number of nitro groups is 1. The van der Waals surface area contributed by atoms with Crippen molar-refractivity contribution in [2.75, 3.05) is 12.9 Å². The van der Waals surface area contributed by atoms with Crippen molar-refractivity contribution in [1.82, 2.24) is 5.32 Å². The number of rotatable bonds is 7. The van der Waals surface area contributed by atoms with Gasteiger partial charge in [0.2, 0.25) is 5.91 Å². The number of nitro benzene ring substituents is 1.